The van der Waals surface area contributed by atoms with Crippen LogP contribution in [0.25, 0.3) is 0 Å². The fraction of sp³-hybridized carbons (Fsp3) is 0.154. The molecule has 0 bridgehead atoms. The van der Waals surface area contributed by atoms with E-state index in [1.165, 1.54) is 13.3 Å². The summed E-state index contributed by atoms with van der Waals surface area (Å²) >= 11 is 0. The lowest BCUT2D eigenvalue weighted by molar-refractivity contribution is -0.385. The van der Waals surface area contributed by atoms with Gasteiger partial charge < -0.3 is 10.1 Å². The molecule has 6 nitrogen and oxygen atoms in total. The van der Waals surface area contributed by atoms with Gasteiger partial charge in [0.15, 0.2) is 0 Å². The number of nitro groups is 1. The van der Waals surface area contributed by atoms with Gasteiger partial charge in [-0.15, -0.1) is 0 Å². The maximum absolute atomic E-state index is 13.2. The number of hydrogen-bond donors (Lipinski definition) is 1. The highest BCUT2D eigenvalue weighted by Crippen LogP contribution is 2.21. The van der Waals surface area contributed by atoms with Crippen LogP contribution in [0, 0.1) is 15.9 Å². The number of rotatable bonds is 5. The van der Waals surface area contributed by atoms with Gasteiger partial charge in [-0.1, -0.05) is 0 Å². The summed E-state index contributed by atoms with van der Waals surface area (Å²) in [5.74, 6) is -0.0486. The Morgan fingerprint density at radius 3 is 2.80 bits per heavy atom. The van der Waals surface area contributed by atoms with Crippen LogP contribution in [0.1, 0.15) is 5.56 Å². The summed E-state index contributed by atoms with van der Waals surface area (Å²) < 4.78 is 18.1. The molecule has 0 aliphatic heterocycles. The molecule has 0 aliphatic rings. The van der Waals surface area contributed by atoms with Crippen molar-refractivity contribution in [1.29, 1.82) is 0 Å². The molecule has 1 N–H and O–H groups in total. The Bertz CT molecular complexity index is 617. The molecule has 7 heteroatoms. The zero-order valence-electron chi connectivity index (χ0n) is 10.7. The van der Waals surface area contributed by atoms with E-state index < -0.39 is 10.7 Å². The monoisotopic (exact) mass is 277 g/mol. The molecule has 0 amide bonds. The first-order valence-corrected chi connectivity index (χ1v) is 5.77. The van der Waals surface area contributed by atoms with E-state index >= 15 is 0 Å². The lowest BCUT2D eigenvalue weighted by atomic mass is 10.1. The maximum Gasteiger partial charge on any atom is 0.274 e. The van der Waals surface area contributed by atoms with Gasteiger partial charge in [0.2, 0.25) is 5.88 Å². The minimum atomic E-state index is -0.539. The van der Waals surface area contributed by atoms with E-state index in [9.17, 15) is 14.5 Å². The average Bonchev–Trinajstić information content (AvgIpc) is 2.45. The summed E-state index contributed by atoms with van der Waals surface area (Å²) in [6, 6.07) is 6.73. The van der Waals surface area contributed by atoms with Crippen molar-refractivity contribution in [2.75, 3.05) is 12.4 Å². The Morgan fingerprint density at radius 1 is 1.40 bits per heavy atom. The van der Waals surface area contributed by atoms with Gasteiger partial charge in [-0.05, 0) is 18.2 Å². The topological polar surface area (TPSA) is 77.3 Å². The van der Waals surface area contributed by atoms with Crippen LogP contribution >= 0.6 is 0 Å². The third-order valence-corrected chi connectivity index (χ3v) is 2.67. The first-order chi connectivity index (χ1) is 9.60. The Kier molecular flexibility index (Phi) is 4.09. The number of nitrogens with one attached hydrogen (secondary N) is 1. The standard InChI is InChI=1S/C13H12FN3O3/c1-20-13-5-3-11(8-16-13)15-7-9-6-10(14)2-4-12(9)17(18)19/h2-6,8,15H,7H2,1H3. The summed E-state index contributed by atoms with van der Waals surface area (Å²) in [5.41, 5.74) is 0.801. The molecule has 1 heterocycles. The van der Waals surface area contributed by atoms with Crippen LogP contribution in [0.5, 0.6) is 5.88 Å². The third-order valence-electron chi connectivity index (χ3n) is 2.67. The number of aromatic nitrogens is 1. The fourth-order valence-electron chi connectivity index (χ4n) is 1.68. The smallest absolute Gasteiger partial charge is 0.274 e. The Morgan fingerprint density at radius 2 is 2.20 bits per heavy atom. The molecule has 2 rings (SSSR count). The largest absolute Gasteiger partial charge is 0.481 e. The van der Waals surface area contributed by atoms with Crippen LogP contribution in [0.15, 0.2) is 36.5 Å². The Labute approximate surface area is 114 Å². The molecule has 1 aromatic heterocycles. The van der Waals surface area contributed by atoms with Gasteiger partial charge in [0.1, 0.15) is 5.82 Å². The fourth-order valence-corrected chi connectivity index (χ4v) is 1.68. The van der Waals surface area contributed by atoms with Gasteiger partial charge in [0.05, 0.1) is 29.5 Å². The van der Waals surface area contributed by atoms with Gasteiger partial charge in [-0.3, -0.25) is 10.1 Å². The molecular formula is C13H12FN3O3. The Balaban J connectivity index is 2.13. The third kappa shape index (κ3) is 3.19. The minimum Gasteiger partial charge on any atom is -0.481 e. The molecular weight excluding hydrogens is 265 g/mol. The number of nitro benzene ring substituents is 1. The van der Waals surface area contributed by atoms with Gasteiger partial charge in [-0.25, -0.2) is 9.37 Å². The van der Waals surface area contributed by atoms with Crippen LogP contribution < -0.4 is 10.1 Å². The van der Waals surface area contributed by atoms with Gasteiger partial charge in [0, 0.05) is 18.7 Å². The number of ether oxygens (including phenoxy) is 1. The van der Waals surface area contributed by atoms with Crippen LogP contribution in [-0.2, 0) is 6.54 Å². The molecule has 1 aromatic carbocycles. The molecule has 20 heavy (non-hydrogen) atoms. The van der Waals surface area contributed by atoms with Crippen molar-refractivity contribution < 1.29 is 14.1 Å². The van der Waals surface area contributed by atoms with Gasteiger partial charge in [0.25, 0.3) is 5.69 Å². The molecule has 0 aliphatic carbocycles. The first kappa shape index (κ1) is 13.7. The zero-order chi connectivity index (χ0) is 14.5. The first-order valence-electron chi connectivity index (χ1n) is 5.77. The highest BCUT2D eigenvalue weighted by Gasteiger charge is 2.14. The quantitative estimate of drug-likeness (QED) is 0.671. The predicted octanol–water partition coefficient (Wildman–Crippen LogP) is 2.75. The van der Waals surface area contributed by atoms with Crippen molar-refractivity contribution in [3.63, 3.8) is 0 Å². The summed E-state index contributed by atoms with van der Waals surface area (Å²) in [4.78, 5) is 14.3. The number of pyridine rings is 1. The number of benzene rings is 1. The SMILES string of the molecule is COc1ccc(NCc2cc(F)ccc2[N+](=O)[O-])cn1. The average molecular weight is 277 g/mol. The van der Waals surface area contributed by atoms with E-state index in [2.05, 4.69) is 10.3 Å². The second kappa shape index (κ2) is 5.96. The lowest BCUT2D eigenvalue weighted by Crippen LogP contribution is -2.04. The number of halogens is 1. The second-order valence-electron chi connectivity index (χ2n) is 3.97. The van der Waals surface area contributed by atoms with E-state index in [-0.39, 0.29) is 17.8 Å². The van der Waals surface area contributed by atoms with Crippen molar-refractivity contribution in [1.82, 2.24) is 4.98 Å². The maximum atomic E-state index is 13.2. The van der Waals surface area contributed by atoms with Gasteiger partial charge >= 0.3 is 0 Å². The molecule has 0 spiro atoms. The number of methoxy groups -OCH3 is 1. The highest BCUT2D eigenvalue weighted by atomic mass is 19.1. The second-order valence-corrected chi connectivity index (χ2v) is 3.97. The van der Waals surface area contributed by atoms with E-state index in [1.807, 2.05) is 0 Å². The van der Waals surface area contributed by atoms with Crippen molar-refractivity contribution in [2.24, 2.45) is 0 Å². The number of anilines is 1. The Hall–Kier alpha value is -2.70. The molecule has 104 valence electrons. The van der Waals surface area contributed by atoms with E-state index in [0.29, 0.717) is 11.6 Å². The van der Waals surface area contributed by atoms with E-state index in [1.54, 1.807) is 12.1 Å². The molecule has 0 fully saturated rings. The van der Waals surface area contributed by atoms with Crippen LogP contribution in [0.2, 0.25) is 0 Å². The highest BCUT2D eigenvalue weighted by molar-refractivity contribution is 5.46. The van der Waals surface area contributed by atoms with E-state index in [0.717, 1.165) is 18.2 Å². The van der Waals surface area contributed by atoms with E-state index in [4.69, 9.17) is 4.74 Å². The van der Waals surface area contributed by atoms with Crippen LogP contribution in [0.3, 0.4) is 0 Å². The molecule has 0 unspecified atom stereocenters. The molecule has 0 saturated carbocycles. The molecule has 0 radical (unpaired) electrons. The summed E-state index contributed by atoms with van der Waals surface area (Å²) in [5, 5.41) is 13.8. The molecule has 0 atom stereocenters. The predicted molar refractivity (Wildman–Crippen MR) is 71.2 cm³/mol. The number of hydrogen-bond acceptors (Lipinski definition) is 5. The summed E-state index contributed by atoms with van der Waals surface area (Å²) in [7, 11) is 1.51. The van der Waals surface area contributed by atoms with Crippen molar-refractivity contribution in [3.05, 3.63) is 58.0 Å². The summed E-state index contributed by atoms with van der Waals surface area (Å²) in [6.07, 6.45) is 1.53. The minimum absolute atomic E-state index is 0.125. The van der Waals surface area contributed by atoms with Crippen molar-refractivity contribution >= 4 is 11.4 Å². The van der Waals surface area contributed by atoms with Crippen LogP contribution in [-0.4, -0.2) is 17.0 Å². The normalized spacial score (nSPS) is 10.1. The molecule has 0 saturated heterocycles. The van der Waals surface area contributed by atoms with Gasteiger partial charge in [-0.2, -0.15) is 0 Å². The lowest BCUT2D eigenvalue weighted by Gasteiger charge is -2.07. The summed E-state index contributed by atoms with van der Waals surface area (Å²) in [6.45, 7) is 0.127. The van der Waals surface area contributed by atoms with Crippen molar-refractivity contribution in [2.45, 2.75) is 6.54 Å². The molecule has 2 aromatic rings. The van der Waals surface area contributed by atoms with Crippen molar-refractivity contribution in [3.8, 4) is 5.88 Å². The zero-order valence-corrected chi connectivity index (χ0v) is 10.7. The number of nitrogens with zero attached hydrogens (tertiary/aromatic N) is 2. The van der Waals surface area contributed by atoms with Crippen LogP contribution in [0.4, 0.5) is 15.8 Å².